The molecular formula is C26H34O3. The molecule has 2 aromatic carbocycles. The lowest BCUT2D eigenvalue weighted by Crippen LogP contribution is -2.13. The monoisotopic (exact) mass is 394 g/mol. The average Bonchev–Trinajstić information content (AvgIpc) is 3.52. The first kappa shape index (κ1) is 20.4. The topological polar surface area (TPSA) is 34.3 Å². The highest BCUT2D eigenvalue weighted by atomic mass is 16.6. The molecule has 0 aliphatic carbocycles. The van der Waals surface area contributed by atoms with Crippen molar-refractivity contribution < 1.29 is 14.2 Å². The molecule has 0 radical (unpaired) electrons. The molecular weight excluding hydrogens is 360 g/mol. The van der Waals surface area contributed by atoms with Gasteiger partial charge >= 0.3 is 0 Å². The average molecular weight is 395 g/mol. The van der Waals surface area contributed by atoms with E-state index >= 15 is 0 Å². The van der Waals surface area contributed by atoms with Gasteiger partial charge in [-0.05, 0) is 45.2 Å². The van der Waals surface area contributed by atoms with Crippen LogP contribution in [0.1, 0.15) is 63.8 Å². The van der Waals surface area contributed by atoms with Crippen LogP contribution >= 0.6 is 0 Å². The second-order valence-electron chi connectivity index (χ2n) is 10.6. The summed E-state index contributed by atoms with van der Waals surface area (Å²) in [5.41, 5.74) is 5.34. The van der Waals surface area contributed by atoms with Crippen LogP contribution in [0.2, 0.25) is 0 Å². The Morgan fingerprint density at radius 1 is 0.724 bits per heavy atom. The minimum absolute atomic E-state index is 0.112. The Hall–Kier alpha value is -1.84. The van der Waals surface area contributed by atoms with Crippen molar-refractivity contribution in [3.8, 4) is 11.5 Å². The first-order chi connectivity index (χ1) is 13.6. The Morgan fingerprint density at radius 3 is 1.41 bits per heavy atom. The fourth-order valence-electron chi connectivity index (χ4n) is 3.59. The molecule has 0 spiro atoms. The molecule has 0 amide bonds. The second-order valence-corrected chi connectivity index (χ2v) is 10.6. The van der Waals surface area contributed by atoms with Gasteiger partial charge in [-0.25, -0.2) is 0 Å². The Kier molecular flexibility index (Phi) is 5.25. The molecule has 29 heavy (non-hydrogen) atoms. The predicted octanol–water partition coefficient (Wildman–Crippen LogP) is 5.96. The standard InChI is InChI=1S/C26H34O3/c1-25(2,3)19-7-9-23(17(11-19)13-21-15-27-21)29-24-10-8-20(26(4,5)6)12-18(24)14-22-16-28-22/h7-12,21-22H,13-16H2,1-6H3. The molecule has 2 aromatic rings. The number of benzene rings is 2. The van der Waals surface area contributed by atoms with E-state index in [0.717, 1.165) is 37.6 Å². The van der Waals surface area contributed by atoms with Crippen molar-refractivity contribution in [2.45, 2.75) is 77.4 Å². The van der Waals surface area contributed by atoms with Crippen LogP contribution in [0.3, 0.4) is 0 Å². The van der Waals surface area contributed by atoms with Crippen LogP contribution in [0.5, 0.6) is 11.5 Å². The van der Waals surface area contributed by atoms with Crippen LogP contribution in [0.25, 0.3) is 0 Å². The van der Waals surface area contributed by atoms with Crippen LogP contribution in [0.15, 0.2) is 36.4 Å². The summed E-state index contributed by atoms with van der Waals surface area (Å²) in [5, 5.41) is 0. The molecule has 2 fully saturated rings. The fourth-order valence-corrected chi connectivity index (χ4v) is 3.59. The quantitative estimate of drug-likeness (QED) is 0.567. The number of epoxide rings is 2. The molecule has 2 unspecified atom stereocenters. The predicted molar refractivity (Wildman–Crippen MR) is 117 cm³/mol. The zero-order valence-electron chi connectivity index (χ0n) is 18.7. The van der Waals surface area contributed by atoms with Gasteiger partial charge in [0.15, 0.2) is 0 Å². The van der Waals surface area contributed by atoms with Crippen LogP contribution in [-0.2, 0) is 33.1 Å². The van der Waals surface area contributed by atoms with Crippen LogP contribution < -0.4 is 4.74 Å². The van der Waals surface area contributed by atoms with Gasteiger partial charge in [0.1, 0.15) is 11.5 Å². The molecule has 3 nitrogen and oxygen atoms in total. The molecule has 0 aromatic heterocycles. The van der Waals surface area contributed by atoms with Gasteiger partial charge in [0.05, 0.1) is 25.4 Å². The molecule has 0 N–H and O–H groups in total. The highest BCUT2D eigenvalue weighted by molar-refractivity contribution is 5.47. The zero-order chi connectivity index (χ0) is 20.8. The third kappa shape index (κ3) is 5.21. The molecule has 2 heterocycles. The molecule has 0 saturated carbocycles. The lowest BCUT2D eigenvalue weighted by atomic mass is 9.85. The Morgan fingerprint density at radius 2 is 1.10 bits per heavy atom. The van der Waals surface area contributed by atoms with Gasteiger partial charge in [0, 0.05) is 12.8 Å². The number of hydrogen-bond donors (Lipinski definition) is 0. The first-order valence-electron chi connectivity index (χ1n) is 10.8. The van der Waals surface area contributed by atoms with Crippen molar-refractivity contribution >= 4 is 0 Å². The Balaban J connectivity index is 1.67. The molecule has 2 saturated heterocycles. The molecule has 4 rings (SSSR count). The second kappa shape index (κ2) is 7.45. The van der Waals surface area contributed by atoms with Gasteiger partial charge in [-0.15, -0.1) is 0 Å². The van der Waals surface area contributed by atoms with E-state index in [1.54, 1.807) is 0 Å². The molecule has 156 valence electrons. The van der Waals surface area contributed by atoms with E-state index < -0.39 is 0 Å². The summed E-state index contributed by atoms with van der Waals surface area (Å²) in [6.07, 6.45) is 2.46. The molecule has 3 heteroatoms. The number of hydrogen-bond acceptors (Lipinski definition) is 3. The van der Waals surface area contributed by atoms with Gasteiger partial charge in [-0.2, -0.15) is 0 Å². The van der Waals surface area contributed by atoms with E-state index in [1.165, 1.54) is 22.3 Å². The van der Waals surface area contributed by atoms with Crippen LogP contribution in [0.4, 0.5) is 0 Å². The maximum Gasteiger partial charge on any atom is 0.130 e. The van der Waals surface area contributed by atoms with E-state index in [1.807, 2.05) is 0 Å². The highest BCUT2D eigenvalue weighted by Crippen LogP contribution is 2.37. The summed E-state index contributed by atoms with van der Waals surface area (Å²) in [7, 11) is 0. The molecule has 2 aliphatic rings. The molecule has 2 atom stereocenters. The summed E-state index contributed by atoms with van der Waals surface area (Å²) < 4.78 is 17.5. The first-order valence-corrected chi connectivity index (χ1v) is 10.8. The van der Waals surface area contributed by atoms with Crippen LogP contribution in [-0.4, -0.2) is 25.4 Å². The number of rotatable bonds is 6. The van der Waals surface area contributed by atoms with Crippen molar-refractivity contribution in [2.75, 3.05) is 13.2 Å². The Labute approximate surface area is 175 Å². The molecule has 0 bridgehead atoms. The zero-order valence-corrected chi connectivity index (χ0v) is 18.7. The lowest BCUT2D eigenvalue weighted by molar-refractivity contribution is 0.398. The third-order valence-electron chi connectivity index (χ3n) is 5.77. The van der Waals surface area contributed by atoms with Crippen LogP contribution in [0, 0.1) is 0 Å². The molecule has 2 aliphatic heterocycles. The van der Waals surface area contributed by atoms with Gasteiger partial charge < -0.3 is 14.2 Å². The SMILES string of the molecule is CC(C)(C)c1ccc(Oc2ccc(C(C)(C)C)cc2CC2CO2)c(CC2CO2)c1. The van der Waals surface area contributed by atoms with Gasteiger partial charge in [-0.3, -0.25) is 0 Å². The van der Waals surface area contributed by atoms with E-state index in [4.69, 9.17) is 14.2 Å². The minimum atomic E-state index is 0.112. The van der Waals surface area contributed by atoms with Crippen molar-refractivity contribution in [1.29, 1.82) is 0 Å². The van der Waals surface area contributed by atoms with Gasteiger partial charge in [0.2, 0.25) is 0 Å². The van der Waals surface area contributed by atoms with E-state index in [0.29, 0.717) is 12.2 Å². The van der Waals surface area contributed by atoms with Crippen molar-refractivity contribution in [3.05, 3.63) is 58.7 Å². The number of ether oxygens (including phenoxy) is 3. The summed E-state index contributed by atoms with van der Waals surface area (Å²) in [4.78, 5) is 0. The van der Waals surface area contributed by atoms with Crippen molar-refractivity contribution in [3.63, 3.8) is 0 Å². The van der Waals surface area contributed by atoms with Crippen molar-refractivity contribution in [2.24, 2.45) is 0 Å². The Bertz CT molecular complexity index is 804. The lowest BCUT2D eigenvalue weighted by Gasteiger charge is -2.23. The normalized spacial score (nSPS) is 21.2. The van der Waals surface area contributed by atoms with Gasteiger partial charge in [-0.1, -0.05) is 65.8 Å². The summed E-state index contributed by atoms with van der Waals surface area (Å²) >= 11 is 0. The minimum Gasteiger partial charge on any atom is -0.457 e. The summed E-state index contributed by atoms with van der Waals surface area (Å²) in [6.45, 7) is 15.2. The fraction of sp³-hybridized carbons (Fsp3) is 0.538. The maximum absolute atomic E-state index is 6.52. The van der Waals surface area contributed by atoms with E-state index in [-0.39, 0.29) is 10.8 Å². The summed E-state index contributed by atoms with van der Waals surface area (Å²) in [6, 6.07) is 13.2. The maximum atomic E-state index is 6.52. The smallest absolute Gasteiger partial charge is 0.130 e. The largest absolute Gasteiger partial charge is 0.457 e. The third-order valence-corrected chi connectivity index (χ3v) is 5.77. The van der Waals surface area contributed by atoms with Gasteiger partial charge in [0.25, 0.3) is 0 Å². The van der Waals surface area contributed by atoms with Crippen molar-refractivity contribution in [1.82, 2.24) is 0 Å². The highest BCUT2D eigenvalue weighted by Gasteiger charge is 2.28. The summed E-state index contributed by atoms with van der Waals surface area (Å²) in [5.74, 6) is 1.88. The van der Waals surface area contributed by atoms with E-state index in [9.17, 15) is 0 Å². The van der Waals surface area contributed by atoms with E-state index in [2.05, 4.69) is 77.9 Å².